The van der Waals surface area contributed by atoms with Gasteiger partial charge < -0.3 is 14.4 Å². The average Bonchev–Trinajstić information content (AvgIpc) is 2.96. The lowest BCUT2D eigenvalue weighted by Gasteiger charge is -2.28. The van der Waals surface area contributed by atoms with E-state index in [1.54, 1.807) is 7.11 Å². The molecule has 112 valence electrons. The quantitative estimate of drug-likeness (QED) is 0.923. The van der Waals surface area contributed by atoms with Gasteiger partial charge in [-0.05, 0) is 43.7 Å². The summed E-state index contributed by atoms with van der Waals surface area (Å²) in [5.41, 5.74) is 0.893. The van der Waals surface area contributed by atoms with Gasteiger partial charge in [0.1, 0.15) is 5.75 Å². The first-order valence-electron chi connectivity index (χ1n) is 7.12. The third-order valence-corrected chi connectivity index (χ3v) is 3.66. The minimum Gasteiger partial charge on any atom is -0.497 e. The molecule has 3 rings (SSSR count). The highest BCUT2D eigenvalue weighted by Gasteiger charge is 2.20. The van der Waals surface area contributed by atoms with Gasteiger partial charge in [0.15, 0.2) is 0 Å². The number of likely N-dealkylation sites (tertiary alicyclic amines) is 1. The third-order valence-electron chi connectivity index (χ3n) is 3.66. The van der Waals surface area contributed by atoms with Crippen LogP contribution in [0.2, 0.25) is 0 Å². The van der Waals surface area contributed by atoms with Gasteiger partial charge in [-0.15, -0.1) is 0 Å². The second kappa shape index (κ2) is 6.24. The molecule has 0 aliphatic carbocycles. The fourth-order valence-corrected chi connectivity index (χ4v) is 2.54. The van der Waals surface area contributed by atoms with Crippen LogP contribution in [-0.4, -0.2) is 46.5 Å². The minimum absolute atomic E-state index is 0.247. The number of aliphatic hydroxyl groups is 1. The summed E-state index contributed by atoms with van der Waals surface area (Å²) in [6.45, 7) is 2.21. The van der Waals surface area contributed by atoms with Crippen LogP contribution in [0.1, 0.15) is 18.7 Å². The lowest BCUT2D eigenvalue weighted by atomic mass is 10.1. The predicted molar refractivity (Wildman–Crippen MR) is 76.8 cm³/mol. The Morgan fingerprint density at radius 1 is 1.38 bits per heavy atom. The molecule has 6 nitrogen and oxygen atoms in total. The van der Waals surface area contributed by atoms with Gasteiger partial charge in [-0.25, -0.2) is 0 Å². The molecule has 0 saturated carbocycles. The monoisotopic (exact) mass is 289 g/mol. The molecular weight excluding hydrogens is 270 g/mol. The molecule has 21 heavy (non-hydrogen) atoms. The van der Waals surface area contributed by atoms with E-state index in [1.165, 1.54) is 0 Å². The standard InChI is InChI=1S/C15H19N3O3/c1-20-13-6-4-11(5-7-13)15-16-14(21-17-15)10-18-8-2-3-12(19)9-18/h4-7,12,19H,2-3,8-10H2,1H3/t12-/m1/s1. The molecule has 1 aromatic carbocycles. The highest BCUT2D eigenvalue weighted by molar-refractivity contribution is 5.55. The van der Waals surface area contributed by atoms with E-state index in [-0.39, 0.29) is 6.10 Å². The van der Waals surface area contributed by atoms with Crippen molar-refractivity contribution in [3.63, 3.8) is 0 Å². The van der Waals surface area contributed by atoms with E-state index in [2.05, 4.69) is 15.0 Å². The number of benzene rings is 1. The van der Waals surface area contributed by atoms with Crippen molar-refractivity contribution in [3.05, 3.63) is 30.2 Å². The molecule has 1 aromatic heterocycles. The van der Waals surface area contributed by atoms with E-state index in [1.807, 2.05) is 24.3 Å². The first-order valence-corrected chi connectivity index (χ1v) is 7.12. The van der Waals surface area contributed by atoms with Gasteiger partial charge in [0.05, 0.1) is 19.8 Å². The molecule has 1 aliphatic heterocycles. The Morgan fingerprint density at radius 2 is 2.19 bits per heavy atom. The number of ether oxygens (including phenoxy) is 1. The molecule has 1 fully saturated rings. The lowest BCUT2D eigenvalue weighted by molar-refractivity contribution is 0.0613. The van der Waals surface area contributed by atoms with Crippen LogP contribution in [0, 0.1) is 0 Å². The van der Waals surface area contributed by atoms with Gasteiger partial charge in [-0.2, -0.15) is 4.98 Å². The van der Waals surface area contributed by atoms with E-state index in [4.69, 9.17) is 9.26 Å². The number of piperidine rings is 1. The van der Waals surface area contributed by atoms with Crippen LogP contribution in [0.3, 0.4) is 0 Å². The minimum atomic E-state index is -0.247. The maximum atomic E-state index is 9.67. The van der Waals surface area contributed by atoms with Crippen LogP contribution < -0.4 is 4.74 Å². The Labute approximate surface area is 123 Å². The smallest absolute Gasteiger partial charge is 0.241 e. The van der Waals surface area contributed by atoms with Crippen molar-refractivity contribution in [2.24, 2.45) is 0 Å². The maximum absolute atomic E-state index is 9.67. The van der Waals surface area contributed by atoms with E-state index in [9.17, 15) is 5.11 Å². The predicted octanol–water partition coefficient (Wildman–Crippen LogP) is 1.70. The van der Waals surface area contributed by atoms with Crippen LogP contribution in [0.4, 0.5) is 0 Å². The molecule has 1 saturated heterocycles. The Hall–Kier alpha value is -1.92. The number of rotatable bonds is 4. The van der Waals surface area contributed by atoms with Crippen LogP contribution in [0.15, 0.2) is 28.8 Å². The SMILES string of the molecule is COc1ccc(-c2noc(CN3CCC[C@@H](O)C3)n2)cc1. The second-order valence-electron chi connectivity index (χ2n) is 5.27. The Kier molecular flexibility index (Phi) is 4.17. The van der Waals surface area contributed by atoms with Gasteiger partial charge in [0.25, 0.3) is 0 Å². The van der Waals surface area contributed by atoms with Crippen LogP contribution in [-0.2, 0) is 6.54 Å². The number of β-amino-alcohol motifs (C(OH)–C–C–N with tert-alkyl or cyclic N) is 1. The summed E-state index contributed by atoms with van der Waals surface area (Å²) in [5, 5.41) is 13.7. The van der Waals surface area contributed by atoms with Gasteiger partial charge in [-0.3, -0.25) is 4.90 Å². The van der Waals surface area contributed by atoms with Crippen molar-refractivity contribution < 1.29 is 14.4 Å². The molecule has 6 heteroatoms. The van der Waals surface area contributed by atoms with E-state index < -0.39 is 0 Å². The number of hydrogen-bond acceptors (Lipinski definition) is 6. The molecule has 0 bridgehead atoms. The molecule has 2 aromatic rings. The zero-order chi connectivity index (χ0) is 14.7. The highest BCUT2D eigenvalue weighted by Crippen LogP contribution is 2.20. The molecule has 1 N–H and O–H groups in total. The molecule has 1 aliphatic rings. The Morgan fingerprint density at radius 3 is 2.90 bits per heavy atom. The Bertz CT molecular complexity index is 582. The van der Waals surface area contributed by atoms with Crippen LogP contribution in [0.5, 0.6) is 5.75 Å². The molecule has 0 amide bonds. The third kappa shape index (κ3) is 3.40. The summed E-state index contributed by atoms with van der Waals surface area (Å²) in [5.74, 6) is 1.95. The van der Waals surface area contributed by atoms with Crippen molar-refractivity contribution in [2.45, 2.75) is 25.5 Å². The number of nitrogens with zero attached hydrogens (tertiary/aromatic N) is 3. The topological polar surface area (TPSA) is 71.6 Å². The van der Waals surface area contributed by atoms with Gasteiger partial charge >= 0.3 is 0 Å². The lowest BCUT2D eigenvalue weighted by Crippen LogP contribution is -2.37. The van der Waals surface area contributed by atoms with Crippen molar-refractivity contribution in [2.75, 3.05) is 20.2 Å². The number of aromatic nitrogens is 2. The molecule has 1 atom stereocenters. The van der Waals surface area contributed by atoms with Gasteiger partial charge in [0.2, 0.25) is 11.7 Å². The summed E-state index contributed by atoms with van der Waals surface area (Å²) in [7, 11) is 1.63. The van der Waals surface area contributed by atoms with Crippen LogP contribution >= 0.6 is 0 Å². The van der Waals surface area contributed by atoms with E-state index in [0.29, 0.717) is 24.8 Å². The summed E-state index contributed by atoms with van der Waals surface area (Å²) < 4.78 is 10.4. The fraction of sp³-hybridized carbons (Fsp3) is 0.467. The molecule has 0 unspecified atom stereocenters. The second-order valence-corrected chi connectivity index (χ2v) is 5.27. The normalized spacial score (nSPS) is 19.6. The van der Waals surface area contributed by atoms with Gasteiger partial charge in [0, 0.05) is 12.1 Å². The zero-order valence-electron chi connectivity index (χ0n) is 12.0. The summed E-state index contributed by atoms with van der Waals surface area (Å²) in [6.07, 6.45) is 1.63. The van der Waals surface area contributed by atoms with Crippen molar-refractivity contribution in [1.82, 2.24) is 15.0 Å². The van der Waals surface area contributed by atoms with Crippen LogP contribution in [0.25, 0.3) is 11.4 Å². The maximum Gasteiger partial charge on any atom is 0.241 e. The van der Waals surface area contributed by atoms with Crippen molar-refractivity contribution in [3.8, 4) is 17.1 Å². The molecule has 0 spiro atoms. The van der Waals surface area contributed by atoms with Crippen molar-refractivity contribution in [1.29, 1.82) is 0 Å². The highest BCUT2D eigenvalue weighted by atomic mass is 16.5. The molecular formula is C15H19N3O3. The zero-order valence-corrected chi connectivity index (χ0v) is 12.0. The van der Waals surface area contributed by atoms with E-state index in [0.717, 1.165) is 30.7 Å². The summed E-state index contributed by atoms with van der Waals surface area (Å²) in [4.78, 5) is 6.55. The first-order chi connectivity index (χ1) is 10.2. The average molecular weight is 289 g/mol. The first kappa shape index (κ1) is 14.0. The fourth-order valence-electron chi connectivity index (χ4n) is 2.54. The Balaban J connectivity index is 1.67. The van der Waals surface area contributed by atoms with E-state index >= 15 is 0 Å². The molecule has 2 heterocycles. The summed E-state index contributed by atoms with van der Waals surface area (Å²) >= 11 is 0. The van der Waals surface area contributed by atoms with Gasteiger partial charge in [-0.1, -0.05) is 5.16 Å². The number of methoxy groups -OCH3 is 1. The molecule has 0 radical (unpaired) electrons. The summed E-state index contributed by atoms with van der Waals surface area (Å²) in [6, 6.07) is 7.54. The number of aliphatic hydroxyl groups excluding tert-OH is 1. The van der Waals surface area contributed by atoms with Crippen molar-refractivity contribution >= 4 is 0 Å². The largest absolute Gasteiger partial charge is 0.497 e. The number of hydrogen-bond donors (Lipinski definition) is 1.